The average Bonchev–Trinajstić information content (AvgIpc) is 2.76. The lowest BCUT2D eigenvalue weighted by Gasteiger charge is -2.35. The molecule has 0 aliphatic heterocycles. The molecule has 2 atom stereocenters. The summed E-state index contributed by atoms with van der Waals surface area (Å²) >= 11 is 4.25. The van der Waals surface area contributed by atoms with E-state index in [9.17, 15) is 9.36 Å². The molecule has 36 heavy (non-hydrogen) atoms. The number of quaternary nitrogens is 1. The number of hydrogen-bond donors (Lipinski definition) is 3. The number of likely N-dealkylation sites (N-methyl/N-ethyl adjacent to an activating group) is 1. The molecule has 10 heteroatoms. The van der Waals surface area contributed by atoms with Crippen molar-refractivity contribution in [1.29, 1.82) is 0 Å². The number of carbonyl (C=O) groups is 1. The van der Waals surface area contributed by atoms with Crippen molar-refractivity contribution in [2.24, 2.45) is 0 Å². The Morgan fingerprint density at radius 3 is 1.64 bits per heavy atom. The van der Waals surface area contributed by atoms with Crippen molar-refractivity contribution in [3.8, 4) is 0 Å². The zero-order valence-electron chi connectivity index (χ0n) is 23.4. The lowest BCUT2D eigenvalue weighted by Crippen LogP contribution is -2.50. The fourth-order valence-electron chi connectivity index (χ4n) is 4.13. The maximum absolute atomic E-state index is 11.5. The van der Waals surface area contributed by atoms with Crippen LogP contribution < -0.4 is 0 Å². The molecule has 0 aromatic rings. The summed E-state index contributed by atoms with van der Waals surface area (Å²) in [4.78, 5) is 29.6. The van der Waals surface area contributed by atoms with Gasteiger partial charge in [-0.05, 0) is 18.6 Å². The first-order valence-electron chi connectivity index (χ1n) is 13.8. The molecule has 1 unspecified atom stereocenters. The fraction of sp³-hybridized carbons (Fsp3) is 0.962. The molecular formula is C26H55NO7PS+. The molecule has 0 saturated carbocycles. The van der Waals surface area contributed by atoms with E-state index in [0.717, 1.165) is 18.6 Å². The van der Waals surface area contributed by atoms with Crippen LogP contribution in [0.4, 0.5) is 0 Å². The summed E-state index contributed by atoms with van der Waals surface area (Å²) in [5.41, 5.74) is 0. The summed E-state index contributed by atoms with van der Waals surface area (Å²) in [7, 11) is 1.16. The number of ether oxygens (including phenoxy) is 2. The Hall–Kier alpha value is -0.150. The fourth-order valence-corrected chi connectivity index (χ4v) is 4.72. The van der Waals surface area contributed by atoms with Crippen LogP contribution in [-0.4, -0.2) is 79.1 Å². The topological polar surface area (TPSA) is 102 Å². The number of unbranched alkanes of at least 4 members (excludes halogenated alkanes) is 13. The molecule has 0 aromatic heterocycles. The minimum Gasteiger partial charge on any atom is -0.460 e. The second-order valence-corrected chi connectivity index (χ2v) is 12.5. The zero-order chi connectivity index (χ0) is 27.3. The van der Waals surface area contributed by atoms with Crippen LogP contribution in [0.25, 0.3) is 0 Å². The summed E-state index contributed by atoms with van der Waals surface area (Å²) in [6, 6.07) is -0.270. The van der Waals surface area contributed by atoms with Crippen molar-refractivity contribution < 1.29 is 37.6 Å². The van der Waals surface area contributed by atoms with Gasteiger partial charge < -0.3 is 23.7 Å². The number of nitrogens with zero attached hydrogens (tertiary/aromatic N) is 1. The van der Waals surface area contributed by atoms with E-state index in [1.54, 1.807) is 0 Å². The van der Waals surface area contributed by atoms with Crippen LogP contribution in [0.1, 0.15) is 103 Å². The number of thiol groups is 1. The third kappa shape index (κ3) is 24.2. The van der Waals surface area contributed by atoms with Crippen molar-refractivity contribution >= 4 is 26.4 Å². The lowest BCUT2D eigenvalue weighted by molar-refractivity contribution is -0.897. The van der Waals surface area contributed by atoms with Gasteiger partial charge in [0.2, 0.25) is 0 Å². The second kappa shape index (κ2) is 21.7. The standard InChI is InChI=1S/C26H54NO7PS/c1-24(28)34-26(21-25(27(2,3)4)22-33-35(29,30)31)23-32-19-17-15-13-11-9-7-5-6-8-10-12-14-16-18-20-36/h25-26H,5-23H2,1-4H3,(H2-,29,30,31,36)/p+1/t25?,26-/m1/s1. The molecule has 0 aliphatic rings. The first-order chi connectivity index (χ1) is 17.0. The lowest BCUT2D eigenvalue weighted by atomic mass is 10.0. The Labute approximate surface area is 226 Å². The van der Waals surface area contributed by atoms with E-state index in [0.29, 0.717) is 17.5 Å². The molecule has 216 valence electrons. The van der Waals surface area contributed by atoms with Gasteiger partial charge in [0.25, 0.3) is 0 Å². The van der Waals surface area contributed by atoms with Crippen LogP contribution in [0, 0.1) is 0 Å². The maximum atomic E-state index is 11.5. The van der Waals surface area contributed by atoms with Gasteiger partial charge in [-0.25, -0.2) is 4.57 Å². The number of esters is 1. The molecule has 0 aromatic carbocycles. The Kier molecular flexibility index (Phi) is 21.7. The van der Waals surface area contributed by atoms with Crippen LogP contribution in [0.5, 0.6) is 0 Å². The summed E-state index contributed by atoms with van der Waals surface area (Å²) < 4.78 is 27.5. The molecule has 0 aliphatic carbocycles. The third-order valence-electron chi connectivity index (χ3n) is 6.40. The van der Waals surface area contributed by atoms with Crippen LogP contribution in [-0.2, 0) is 23.4 Å². The average molecular weight is 557 g/mol. The predicted octanol–water partition coefficient (Wildman–Crippen LogP) is 5.90. The maximum Gasteiger partial charge on any atom is 0.469 e. The van der Waals surface area contributed by atoms with E-state index in [1.807, 2.05) is 21.1 Å². The van der Waals surface area contributed by atoms with Crippen LogP contribution in [0.2, 0.25) is 0 Å². The van der Waals surface area contributed by atoms with E-state index in [1.165, 1.54) is 84.0 Å². The normalized spacial score (nSPS) is 14.1. The molecule has 2 N–H and O–H groups in total. The number of phosphoric ester groups is 1. The summed E-state index contributed by atoms with van der Waals surface area (Å²) in [5, 5.41) is 0. The highest BCUT2D eigenvalue weighted by Crippen LogP contribution is 2.36. The van der Waals surface area contributed by atoms with Gasteiger partial charge in [0.1, 0.15) is 18.8 Å². The summed E-state index contributed by atoms with van der Waals surface area (Å²) in [6.07, 6.45) is 17.9. The highest BCUT2D eigenvalue weighted by Gasteiger charge is 2.31. The number of carbonyl (C=O) groups excluding carboxylic acids is 1. The first kappa shape index (κ1) is 35.9. The van der Waals surface area contributed by atoms with Crippen LogP contribution in [0.15, 0.2) is 0 Å². The highest BCUT2D eigenvalue weighted by molar-refractivity contribution is 7.80. The molecule has 0 fully saturated rings. The molecule has 0 bridgehead atoms. The minimum absolute atomic E-state index is 0.137. The number of hydrogen-bond acceptors (Lipinski definition) is 6. The van der Waals surface area contributed by atoms with Gasteiger partial charge >= 0.3 is 13.8 Å². The number of rotatable bonds is 25. The Balaban J connectivity index is 3.93. The van der Waals surface area contributed by atoms with E-state index in [4.69, 9.17) is 23.8 Å². The van der Waals surface area contributed by atoms with Gasteiger partial charge in [0.05, 0.1) is 27.7 Å². The molecule has 0 heterocycles. The molecular weight excluding hydrogens is 501 g/mol. The van der Waals surface area contributed by atoms with Crippen LogP contribution >= 0.6 is 20.5 Å². The Morgan fingerprint density at radius 1 is 0.806 bits per heavy atom. The SMILES string of the molecule is CC(=O)O[C@@H](COCCCCCCCCCCCCCCCCS)CC(COP(=O)(O)O)[N+](C)(C)C. The monoisotopic (exact) mass is 556 g/mol. The van der Waals surface area contributed by atoms with Crippen molar-refractivity contribution in [1.82, 2.24) is 0 Å². The number of phosphoric acid groups is 1. The Morgan fingerprint density at radius 2 is 1.25 bits per heavy atom. The largest absolute Gasteiger partial charge is 0.469 e. The van der Waals surface area contributed by atoms with Gasteiger partial charge in [0.15, 0.2) is 0 Å². The second-order valence-electron chi connectivity index (χ2n) is 10.8. The minimum atomic E-state index is -4.57. The predicted molar refractivity (Wildman–Crippen MR) is 149 cm³/mol. The Bertz CT molecular complexity index is 583. The molecule has 0 saturated heterocycles. The van der Waals surface area contributed by atoms with Crippen molar-refractivity contribution in [2.75, 3.05) is 46.7 Å². The van der Waals surface area contributed by atoms with E-state index < -0.39 is 19.9 Å². The van der Waals surface area contributed by atoms with Crippen molar-refractivity contribution in [3.63, 3.8) is 0 Å². The van der Waals surface area contributed by atoms with Gasteiger partial charge in [-0.15, -0.1) is 0 Å². The smallest absolute Gasteiger partial charge is 0.460 e. The van der Waals surface area contributed by atoms with Gasteiger partial charge in [-0.3, -0.25) is 9.32 Å². The van der Waals surface area contributed by atoms with Crippen molar-refractivity contribution in [3.05, 3.63) is 0 Å². The first-order valence-corrected chi connectivity index (χ1v) is 16.0. The molecule has 0 rings (SSSR count). The zero-order valence-corrected chi connectivity index (χ0v) is 25.2. The molecule has 0 radical (unpaired) electrons. The van der Waals surface area contributed by atoms with Crippen LogP contribution in [0.3, 0.4) is 0 Å². The molecule has 8 nitrogen and oxygen atoms in total. The summed E-state index contributed by atoms with van der Waals surface area (Å²) in [5.74, 6) is 0.618. The van der Waals surface area contributed by atoms with E-state index in [2.05, 4.69) is 12.6 Å². The van der Waals surface area contributed by atoms with Gasteiger partial charge in [0, 0.05) is 20.0 Å². The van der Waals surface area contributed by atoms with E-state index in [-0.39, 0.29) is 19.3 Å². The third-order valence-corrected chi connectivity index (χ3v) is 7.20. The van der Waals surface area contributed by atoms with E-state index >= 15 is 0 Å². The van der Waals surface area contributed by atoms with Gasteiger partial charge in [-0.1, -0.05) is 77.0 Å². The highest BCUT2D eigenvalue weighted by atomic mass is 32.1. The van der Waals surface area contributed by atoms with Gasteiger partial charge in [-0.2, -0.15) is 12.6 Å². The molecule has 0 spiro atoms. The summed E-state index contributed by atoms with van der Waals surface area (Å²) in [6.45, 7) is 2.09. The quantitative estimate of drug-likeness (QED) is 0.0423. The molecule has 0 amide bonds. The van der Waals surface area contributed by atoms with Crippen molar-refractivity contribution in [2.45, 2.75) is 115 Å².